The summed E-state index contributed by atoms with van der Waals surface area (Å²) in [6.45, 7) is 8.55. The van der Waals surface area contributed by atoms with Crippen molar-refractivity contribution in [1.82, 2.24) is 4.90 Å². The molecule has 0 bridgehead atoms. The maximum Gasteiger partial charge on any atom is 0.119 e. The number of hydrogen-bond acceptors (Lipinski definition) is 2. The highest BCUT2D eigenvalue weighted by molar-refractivity contribution is 5.28. The van der Waals surface area contributed by atoms with E-state index in [1.54, 1.807) is 7.11 Å². The molecule has 0 amide bonds. The molecule has 0 saturated heterocycles. The van der Waals surface area contributed by atoms with E-state index < -0.39 is 0 Å². The minimum absolute atomic E-state index is 0.953. The van der Waals surface area contributed by atoms with Gasteiger partial charge in [-0.25, -0.2) is 0 Å². The van der Waals surface area contributed by atoms with Crippen LogP contribution in [0, 0.1) is 0 Å². The molecule has 0 aromatic heterocycles. The Morgan fingerprint density at radius 2 is 1.89 bits per heavy atom. The number of methoxy groups -OCH3 is 1. The van der Waals surface area contributed by atoms with Gasteiger partial charge >= 0.3 is 0 Å². The minimum Gasteiger partial charge on any atom is -0.497 e. The molecule has 0 saturated carbocycles. The van der Waals surface area contributed by atoms with E-state index in [1.807, 2.05) is 19.9 Å². The summed E-state index contributed by atoms with van der Waals surface area (Å²) >= 11 is 0. The van der Waals surface area contributed by atoms with E-state index in [4.69, 9.17) is 4.74 Å². The Bertz CT molecular complexity index is 299. The van der Waals surface area contributed by atoms with Gasteiger partial charge < -0.3 is 9.64 Å². The lowest BCUT2D eigenvalue weighted by Crippen LogP contribution is -2.22. The Balaban J connectivity index is 0.00000137. The van der Waals surface area contributed by atoms with Crippen LogP contribution in [0.15, 0.2) is 24.3 Å². The summed E-state index contributed by atoms with van der Waals surface area (Å²) in [6.07, 6.45) is 3.65. The fourth-order valence-electron chi connectivity index (χ4n) is 1.69. The molecule has 0 fully saturated rings. The predicted octanol–water partition coefficient (Wildman–Crippen LogP) is 4.00. The molecule has 18 heavy (non-hydrogen) atoms. The molecule has 0 unspecified atom stereocenters. The summed E-state index contributed by atoms with van der Waals surface area (Å²) in [5.41, 5.74) is 1.35. The van der Waals surface area contributed by atoms with Crippen LogP contribution in [0.2, 0.25) is 0 Å². The first-order valence-electron chi connectivity index (χ1n) is 7.07. The molecule has 2 nitrogen and oxygen atoms in total. The number of unbranched alkanes of at least 4 members (excludes halogenated alkanes) is 1. The van der Waals surface area contributed by atoms with Crippen LogP contribution in [0.5, 0.6) is 5.75 Å². The molecule has 1 aromatic rings. The fraction of sp³-hybridized carbons (Fsp3) is 0.625. The van der Waals surface area contributed by atoms with Crippen molar-refractivity contribution in [3.63, 3.8) is 0 Å². The predicted molar refractivity (Wildman–Crippen MR) is 80.5 cm³/mol. The Morgan fingerprint density at radius 1 is 1.17 bits per heavy atom. The maximum atomic E-state index is 5.21. The fourth-order valence-corrected chi connectivity index (χ4v) is 1.69. The quantitative estimate of drug-likeness (QED) is 0.726. The Kier molecular flexibility index (Phi) is 10.5. The average Bonchev–Trinajstić information content (AvgIpc) is 2.45. The molecule has 0 aliphatic heterocycles. The van der Waals surface area contributed by atoms with E-state index in [0.29, 0.717) is 0 Å². The third-order valence-electron chi connectivity index (χ3n) is 2.81. The van der Waals surface area contributed by atoms with Gasteiger partial charge in [-0.3, -0.25) is 0 Å². The number of hydrogen-bond donors (Lipinski definition) is 0. The zero-order valence-corrected chi connectivity index (χ0v) is 12.7. The van der Waals surface area contributed by atoms with Crippen LogP contribution in [0.25, 0.3) is 0 Å². The summed E-state index contributed by atoms with van der Waals surface area (Å²) in [4.78, 5) is 2.39. The highest BCUT2D eigenvalue weighted by Crippen LogP contribution is 2.13. The van der Waals surface area contributed by atoms with E-state index in [-0.39, 0.29) is 0 Å². The number of ether oxygens (including phenoxy) is 1. The molecular formula is C16H29NO. The van der Waals surface area contributed by atoms with Crippen LogP contribution in [0.1, 0.15) is 39.2 Å². The zero-order chi connectivity index (χ0) is 13.8. The minimum atomic E-state index is 0.953. The van der Waals surface area contributed by atoms with Gasteiger partial charge in [0, 0.05) is 6.54 Å². The van der Waals surface area contributed by atoms with E-state index in [0.717, 1.165) is 18.7 Å². The summed E-state index contributed by atoms with van der Waals surface area (Å²) < 4.78 is 5.21. The summed E-state index contributed by atoms with van der Waals surface area (Å²) in [5.74, 6) is 0.953. The lowest BCUT2D eigenvalue weighted by molar-refractivity contribution is 0.332. The van der Waals surface area contributed by atoms with Crippen LogP contribution >= 0.6 is 0 Å². The van der Waals surface area contributed by atoms with E-state index in [1.165, 1.54) is 24.9 Å². The van der Waals surface area contributed by atoms with Crippen LogP contribution in [-0.2, 0) is 6.42 Å². The van der Waals surface area contributed by atoms with Crippen LogP contribution in [-0.4, -0.2) is 32.1 Å². The van der Waals surface area contributed by atoms with Crippen molar-refractivity contribution in [2.24, 2.45) is 0 Å². The molecule has 0 aliphatic carbocycles. The average molecular weight is 251 g/mol. The number of benzene rings is 1. The van der Waals surface area contributed by atoms with Crippen molar-refractivity contribution in [2.45, 2.75) is 40.0 Å². The number of likely N-dealkylation sites (N-methyl/N-ethyl adjacent to an activating group) is 1. The summed E-state index contributed by atoms with van der Waals surface area (Å²) in [5, 5.41) is 0. The monoisotopic (exact) mass is 251 g/mol. The third kappa shape index (κ3) is 7.33. The summed E-state index contributed by atoms with van der Waals surface area (Å²) in [7, 11) is 3.91. The van der Waals surface area contributed by atoms with Crippen LogP contribution in [0.4, 0.5) is 0 Å². The first kappa shape index (κ1) is 17.0. The standard InChI is InChI=1S/C14H23NO.C2H6/c1-4-5-10-15(2)11-9-13-7-6-8-14(12-13)16-3;1-2/h6-8,12H,4-5,9-11H2,1-3H3;1-2H3. The first-order valence-corrected chi connectivity index (χ1v) is 7.07. The van der Waals surface area contributed by atoms with Crippen LogP contribution in [0.3, 0.4) is 0 Å². The van der Waals surface area contributed by atoms with Crippen molar-refractivity contribution in [1.29, 1.82) is 0 Å². The topological polar surface area (TPSA) is 12.5 Å². The highest BCUT2D eigenvalue weighted by Gasteiger charge is 2.00. The van der Waals surface area contributed by atoms with Gasteiger partial charge in [-0.15, -0.1) is 0 Å². The van der Waals surface area contributed by atoms with Gasteiger partial charge in [-0.1, -0.05) is 39.3 Å². The van der Waals surface area contributed by atoms with E-state index in [9.17, 15) is 0 Å². The highest BCUT2D eigenvalue weighted by atomic mass is 16.5. The Hall–Kier alpha value is -1.02. The van der Waals surface area contributed by atoms with Gasteiger partial charge in [0.05, 0.1) is 7.11 Å². The Morgan fingerprint density at radius 3 is 2.50 bits per heavy atom. The van der Waals surface area contributed by atoms with E-state index >= 15 is 0 Å². The van der Waals surface area contributed by atoms with Crippen molar-refractivity contribution < 1.29 is 4.74 Å². The molecule has 0 aliphatic rings. The molecule has 0 atom stereocenters. The second kappa shape index (κ2) is 11.1. The van der Waals surface area contributed by atoms with Gasteiger partial charge in [0.25, 0.3) is 0 Å². The van der Waals surface area contributed by atoms with Crippen molar-refractivity contribution in [3.05, 3.63) is 29.8 Å². The van der Waals surface area contributed by atoms with Gasteiger partial charge in [0.15, 0.2) is 0 Å². The molecule has 0 radical (unpaired) electrons. The SMILES string of the molecule is CC.CCCCN(C)CCc1cccc(OC)c1. The van der Waals surface area contributed by atoms with Gasteiger partial charge in [-0.2, -0.15) is 0 Å². The van der Waals surface area contributed by atoms with Crippen molar-refractivity contribution in [3.8, 4) is 5.75 Å². The van der Waals surface area contributed by atoms with Crippen LogP contribution < -0.4 is 4.74 Å². The number of rotatable bonds is 7. The Labute approximate surface area is 113 Å². The van der Waals surface area contributed by atoms with E-state index in [2.05, 4.69) is 37.1 Å². The normalized spacial score (nSPS) is 9.89. The molecule has 1 aromatic carbocycles. The third-order valence-corrected chi connectivity index (χ3v) is 2.81. The van der Waals surface area contributed by atoms with Gasteiger partial charge in [0.1, 0.15) is 5.75 Å². The molecule has 0 N–H and O–H groups in total. The molecule has 0 heterocycles. The molecule has 0 spiro atoms. The lowest BCUT2D eigenvalue weighted by Gasteiger charge is -2.16. The van der Waals surface area contributed by atoms with Crippen molar-refractivity contribution in [2.75, 3.05) is 27.2 Å². The molecular weight excluding hydrogens is 222 g/mol. The van der Waals surface area contributed by atoms with Gasteiger partial charge in [0.2, 0.25) is 0 Å². The molecule has 1 rings (SSSR count). The molecule has 2 heteroatoms. The maximum absolute atomic E-state index is 5.21. The molecule has 104 valence electrons. The number of nitrogens with zero attached hydrogens (tertiary/aromatic N) is 1. The smallest absolute Gasteiger partial charge is 0.119 e. The van der Waals surface area contributed by atoms with Gasteiger partial charge in [-0.05, 0) is 44.1 Å². The lowest BCUT2D eigenvalue weighted by atomic mass is 10.1. The summed E-state index contributed by atoms with van der Waals surface area (Å²) in [6, 6.07) is 8.33. The zero-order valence-electron chi connectivity index (χ0n) is 12.7. The first-order chi connectivity index (χ1) is 8.76. The largest absolute Gasteiger partial charge is 0.497 e. The van der Waals surface area contributed by atoms with Crippen molar-refractivity contribution >= 4 is 0 Å². The second-order valence-electron chi connectivity index (χ2n) is 4.26. The second-order valence-corrected chi connectivity index (χ2v) is 4.26.